The fourth-order valence-electron chi connectivity index (χ4n) is 4.84. The molecule has 1 heterocycles. The van der Waals surface area contributed by atoms with Gasteiger partial charge in [-0.3, -0.25) is 9.59 Å². The second-order valence-corrected chi connectivity index (χ2v) is 10.2. The molecular weight excluding hydrogens is 486 g/mol. The summed E-state index contributed by atoms with van der Waals surface area (Å²) < 4.78 is 58.7. The molecule has 210 valence electrons. The Kier molecular flexibility index (Phi) is 14.0. The molecule has 1 fully saturated rings. The topological polar surface area (TPSA) is 46.6 Å². The van der Waals surface area contributed by atoms with Crippen molar-refractivity contribution < 1.29 is 31.9 Å². The Labute approximate surface area is 219 Å². The van der Waals surface area contributed by atoms with Crippen LogP contribution in [0.2, 0.25) is 0 Å². The second-order valence-electron chi connectivity index (χ2n) is 10.2. The van der Waals surface area contributed by atoms with Gasteiger partial charge in [0, 0.05) is 13.1 Å². The minimum absolute atomic E-state index is 0.130. The van der Waals surface area contributed by atoms with Gasteiger partial charge in [-0.25, -0.2) is 4.39 Å². The number of amides is 1. The molecule has 8 heteroatoms. The van der Waals surface area contributed by atoms with Gasteiger partial charge < -0.3 is 9.64 Å². The summed E-state index contributed by atoms with van der Waals surface area (Å²) in [6.07, 6.45) is 12.0. The molecular formula is C29H43F4NO3. The zero-order valence-corrected chi connectivity index (χ0v) is 22.2. The lowest BCUT2D eigenvalue weighted by atomic mass is 9.96. The van der Waals surface area contributed by atoms with Crippen LogP contribution in [-0.2, 0) is 15.7 Å². The van der Waals surface area contributed by atoms with Crippen LogP contribution in [0.25, 0.3) is 0 Å². The molecule has 0 saturated carbocycles. The number of ether oxygens (including phenoxy) is 1. The molecule has 1 saturated heterocycles. The van der Waals surface area contributed by atoms with Crippen LogP contribution in [-0.4, -0.2) is 36.5 Å². The molecule has 0 unspecified atom stereocenters. The number of unbranched alkanes of at least 4 members (excludes halogenated alkanes) is 12. The molecule has 0 bridgehead atoms. The number of halogens is 4. The van der Waals surface area contributed by atoms with E-state index in [9.17, 15) is 27.2 Å². The first kappa shape index (κ1) is 31.1. The first-order chi connectivity index (χ1) is 17.7. The first-order valence-corrected chi connectivity index (χ1v) is 14.1. The Balaban J connectivity index is 1.57. The molecule has 0 radical (unpaired) electrons. The monoisotopic (exact) mass is 529 g/mol. The van der Waals surface area contributed by atoms with Gasteiger partial charge in [0.25, 0.3) is 5.91 Å². The Morgan fingerprint density at radius 2 is 1.38 bits per heavy atom. The molecule has 0 aromatic heterocycles. The Hall–Kier alpha value is -2.12. The maximum atomic E-state index is 13.6. The quantitative estimate of drug-likeness (QED) is 0.123. The summed E-state index contributed by atoms with van der Waals surface area (Å²) in [6, 6.07) is 1.91. The van der Waals surface area contributed by atoms with E-state index < -0.39 is 29.0 Å². The molecule has 1 aromatic carbocycles. The Morgan fingerprint density at radius 1 is 0.865 bits per heavy atom. The number of hydrogen-bond donors (Lipinski definition) is 0. The van der Waals surface area contributed by atoms with Gasteiger partial charge in [0.1, 0.15) is 5.82 Å². The van der Waals surface area contributed by atoms with Crippen LogP contribution < -0.4 is 0 Å². The minimum atomic E-state index is -4.76. The van der Waals surface area contributed by atoms with E-state index in [4.69, 9.17) is 4.74 Å². The van der Waals surface area contributed by atoms with Gasteiger partial charge in [-0.1, -0.05) is 84.0 Å². The number of rotatable bonds is 16. The molecule has 1 aliphatic rings. The normalized spacial score (nSPS) is 14.7. The number of benzene rings is 1. The number of hydrogen-bond acceptors (Lipinski definition) is 3. The average molecular weight is 530 g/mol. The van der Waals surface area contributed by atoms with Gasteiger partial charge in [0.2, 0.25) is 0 Å². The number of piperidine rings is 1. The van der Waals surface area contributed by atoms with E-state index in [0.29, 0.717) is 37.6 Å². The first-order valence-electron chi connectivity index (χ1n) is 14.1. The third-order valence-corrected chi connectivity index (χ3v) is 7.13. The van der Waals surface area contributed by atoms with E-state index in [1.807, 2.05) is 0 Å². The van der Waals surface area contributed by atoms with Crippen LogP contribution in [0.5, 0.6) is 0 Å². The van der Waals surface area contributed by atoms with Crippen LogP contribution in [0.1, 0.15) is 119 Å². The van der Waals surface area contributed by atoms with Gasteiger partial charge in [0.15, 0.2) is 0 Å². The van der Waals surface area contributed by atoms with E-state index in [1.54, 1.807) is 0 Å². The third-order valence-electron chi connectivity index (χ3n) is 7.13. The van der Waals surface area contributed by atoms with Crippen molar-refractivity contribution in [1.29, 1.82) is 0 Å². The van der Waals surface area contributed by atoms with Crippen molar-refractivity contribution in [2.75, 3.05) is 19.7 Å². The number of nitrogens with zero attached hydrogens (tertiary/aromatic N) is 1. The summed E-state index contributed by atoms with van der Waals surface area (Å²) in [5.41, 5.74) is -1.85. The van der Waals surface area contributed by atoms with Gasteiger partial charge in [-0.05, 0) is 37.5 Å². The predicted molar refractivity (Wildman–Crippen MR) is 137 cm³/mol. The van der Waals surface area contributed by atoms with Crippen LogP contribution in [0.3, 0.4) is 0 Å². The maximum absolute atomic E-state index is 13.6. The van der Waals surface area contributed by atoms with Crippen molar-refractivity contribution in [3.05, 3.63) is 35.1 Å². The minimum Gasteiger partial charge on any atom is -0.465 e. The number of likely N-dealkylation sites (tertiary alicyclic amines) is 1. The molecule has 37 heavy (non-hydrogen) atoms. The van der Waals surface area contributed by atoms with Crippen molar-refractivity contribution in [3.63, 3.8) is 0 Å². The maximum Gasteiger partial charge on any atom is 0.417 e. The number of carbonyl (C=O) groups is 2. The number of alkyl halides is 3. The molecule has 1 amide bonds. The Bertz CT molecular complexity index is 820. The van der Waals surface area contributed by atoms with Crippen molar-refractivity contribution in [2.24, 2.45) is 5.92 Å². The lowest BCUT2D eigenvalue weighted by Gasteiger charge is -2.31. The van der Waals surface area contributed by atoms with Crippen molar-refractivity contribution in [2.45, 2.75) is 109 Å². The fraction of sp³-hybridized carbons (Fsp3) is 0.724. The van der Waals surface area contributed by atoms with Crippen LogP contribution in [0.4, 0.5) is 17.6 Å². The number of esters is 1. The van der Waals surface area contributed by atoms with Crippen molar-refractivity contribution in [1.82, 2.24) is 4.90 Å². The van der Waals surface area contributed by atoms with E-state index in [1.165, 1.54) is 69.1 Å². The van der Waals surface area contributed by atoms with Crippen LogP contribution >= 0.6 is 0 Å². The van der Waals surface area contributed by atoms with Gasteiger partial charge in [-0.2, -0.15) is 13.2 Å². The molecule has 0 aliphatic carbocycles. The highest BCUT2D eigenvalue weighted by Gasteiger charge is 2.37. The van der Waals surface area contributed by atoms with Gasteiger partial charge in [-0.15, -0.1) is 0 Å². The lowest BCUT2D eigenvalue weighted by Crippen LogP contribution is -2.41. The molecule has 1 aromatic rings. The van der Waals surface area contributed by atoms with E-state index in [-0.39, 0.29) is 25.0 Å². The van der Waals surface area contributed by atoms with E-state index in [2.05, 4.69) is 6.92 Å². The van der Waals surface area contributed by atoms with Gasteiger partial charge >= 0.3 is 12.1 Å². The number of carbonyl (C=O) groups excluding carboxylic acids is 2. The summed E-state index contributed by atoms with van der Waals surface area (Å²) in [5.74, 6) is -2.46. The van der Waals surface area contributed by atoms with Crippen molar-refractivity contribution >= 4 is 11.9 Å². The fourth-order valence-corrected chi connectivity index (χ4v) is 4.84. The molecule has 0 N–H and O–H groups in total. The molecule has 0 spiro atoms. The Morgan fingerprint density at radius 3 is 1.89 bits per heavy atom. The zero-order chi connectivity index (χ0) is 27.1. The SMILES string of the molecule is CCCCCCCCCCCCCCCOC(=O)C1CCN(C(=O)c2cc(F)ccc2C(F)(F)F)CC1. The molecule has 4 nitrogen and oxygen atoms in total. The van der Waals surface area contributed by atoms with Crippen LogP contribution in [0, 0.1) is 11.7 Å². The summed E-state index contributed by atoms with van der Waals surface area (Å²) in [6.45, 7) is 2.87. The largest absolute Gasteiger partial charge is 0.465 e. The second kappa shape index (κ2) is 16.7. The van der Waals surface area contributed by atoms with Gasteiger partial charge in [0.05, 0.1) is 23.7 Å². The highest BCUT2D eigenvalue weighted by molar-refractivity contribution is 5.96. The highest BCUT2D eigenvalue weighted by Crippen LogP contribution is 2.33. The zero-order valence-electron chi connectivity index (χ0n) is 22.2. The lowest BCUT2D eigenvalue weighted by molar-refractivity contribution is -0.150. The summed E-state index contributed by atoms with van der Waals surface area (Å²) >= 11 is 0. The predicted octanol–water partition coefficient (Wildman–Crippen LogP) is 8.33. The summed E-state index contributed by atoms with van der Waals surface area (Å²) in [5, 5.41) is 0. The third kappa shape index (κ3) is 11.4. The smallest absolute Gasteiger partial charge is 0.417 e. The molecule has 1 aliphatic heterocycles. The summed E-state index contributed by atoms with van der Waals surface area (Å²) in [7, 11) is 0. The van der Waals surface area contributed by atoms with E-state index >= 15 is 0 Å². The highest BCUT2D eigenvalue weighted by atomic mass is 19.4. The molecule has 2 rings (SSSR count). The van der Waals surface area contributed by atoms with Crippen LogP contribution in [0.15, 0.2) is 18.2 Å². The molecule has 0 atom stereocenters. The standard InChI is InChI=1S/C29H43F4NO3/c1-2-3-4-5-6-7-8-9-10-11-12-13-14-21-37-28(36)23-17-19-34(20-18-23)27(35)25-22-24(30)15-16-26(25)29(31,32)33/h15-16,22-23H,2-14,17-21H2,1H3. The summed E-state index contributed by atoms with van der Waals surface area (Å²) in [4.78, 5) is 26.3. The average Bonchev–Trinajstić information content (AvgIpc) is 2.87. The van der Waals surface area contributed by atoms with Crippen molar-refractivity contribution in [3.8, 4) is 0 Å². The van der Waals surface area contributed by atoms with E-state index in [0.717, 1.165) is 19.3 Å².